The Morgan fingerprint density at radius 2 is 2.33 bits per heavy atom. The summed E-state index contributed by atoms with van der Waals surface area (Å²) in [4.78, 5) is 5.51. The molecule has 84 valence electrons. The molecule has 0 radical (unpaired) electrons. The van der Waals surface area contributed by atoms with Crippen molar-refractivity contribution in [3.63, 3.8) is 0 Å². The minimum Gasteiger partial charge on any atom is -0.313 e. The Balaban J connectivity index is 2.43. The average molecular weight is 224 g/mol. The topological polar surface area (TPSA) is 24.9 Å². The van der Waals surface area contributed by atoms with Crippen LogP contribution in [0.25, 0.3) is 6.08 Å². The molecule has 2 nitrogen and oxygen atoms in total. The summed E-state index contributed by atoms with van der Waals surface area (Å²) >= 11 is 1.70. The predicted octanol–water partition coefficient (Wildman–Crippen LogP) is 3.10. The minimum atomic E-state index is 0.711. The fourth-order valence-corrected chi connectivity index (χ4v) is 2.10. The van der Waals surface area contributed by atoms with E-state index in [-0.39, 0.29) is 0 Å². The Morgan fingerprint density at radius 1 is 1.60 bits per heavy atom. The molecule has 1 N–H and O–H groups in total. The molecular weight excluding hydrogens is 204 g/mol. The van der Waals surface area contributed by atoms with Gasteiger partial charge < -0.3 is 5.32 Å². The number of aryl methyl sites for hydroxylation is 1. The van der Waals surface area contributed by atoms with E-state index in [1.54, 1.807) is 11.3 Å². The summed E-state index contributed by atoms with van der Waals surface area (Å²) < 4.78 is 0. The molecule has 15 heavy (non-hydrogen) atoms. The van der Waals surface area contributed by atoms with Crippen LogP contribution in [0.5, 0.6) is 0 Å². The zero-order chi connectivity index (χ0) is 11.3. The molecule has 0 amide bonds. The first kappa shape index (κ1) is 12.4. The summed E-state index contributed by atoms with van der Waals surface area (Å²) in [6, 6.07) is 0. The largest absolute Gasteiger partial charge is 0.313 e. The summed E-state index contributed by atoms with van der Waals surface area (Å²) in [5.41, 5.74) is 4.39. The number of rotatable bonds is 5. The van der Waals surface area contributed by atoms with Gasteiger partial charge in [0.1, 0.15) is 0 Å². The van der Waals surface area contributed by atoms with E-state index in [0.29, 0.717) is 5.92 Å². The van der Waals surface area contributed by atoms with Crippen LogP contribution in [-0.2, 0) is 0 Å². The van der Waals surface area contributed by atoms with Gasteiger partial charge in [0.05, 0.1) is 11.2 Å². The molecule has 3 heteroatoms. The standard InChI is InChI=1S/C12H20N2S/c1-9(2)6-13-7-10(3)5-12-11(4)14-8-15-12/h5,8-9,13H,6-7H2,1-4H3. The number of hydrogen-bond donors (Lipinski definition) is 1. The van der Waals surface area contributed by atoms with Gasteiger partial charge in [0.25, 0.3) is 0 Å². The smallest absolute Gasteiger partial charge is 0.0801 e. The molecule has 0 fully saturated rings. The van der Waals surface area contributed by atoms with E-state index >= 15 is 0 Å². The van der Waals surface area contributed by atoms with Crippen molar-refractivity contribution in [3.8, 4) is 0 Å². The van der Waals surface area contributed by atoms with Gasteiger partial charge in [-0.05, 0) is 32.4 Å². The van der Waals surface area contributed by atoms with Crippen molar-refractivity contribution in [3.05, 3.63) is 21.7 Å². The lowest BCUT2D eigenvalue weighted by molar-refractivity contribution is 0.572. The van der Waals surface area contributed by atoms with Crippen LogP contribution in [-0.4, -0.2) is 18.1 Å². The van der Waals surface area contributed by atoms with E-state index in [1.807, 2.05) is 5.51 Å². The van der Waals surface area contributed by atoms with Crippen LogP contribution in [0.4, 0.5) is 0 Å². The van der Waals surface area contributed by atoms with Gasteiger partial charge in [0, 0.05) is 11.4 Å². The first-order chi connectivity index (χ1) is 7.09. The molecule has 0 aliphatic carbocycles. The normalized spacial score (nSPS) is 12.5. The number of nitrogens with one attached hydrogen (secondary N) is 1. The van der Waals surface area contributed by atoms with E-state index in [9.17, 15) is 0 Å². The lowest BCUT2D eigenvalue weighted by Crippen LogP contribution is -2.21. The molecule has 0 aliphatic heterocycles. The molecular formula is C12H20N2S. The molecule has 0 saturated carbocycles. The molecule has 0 unspecified atom stereocenters. The summed E-state index contributed by atoms with van der Waals surface area (Å²) in [6.45, 7) is 10.7. The van der Waals surface area contributed by atoms with Gasteiger partial charge in [-0.15, -0.1) is 11.3 Å². The van der Waals surface area contributed by atoms with Crippen molar-refractivity contribution >= 4 is 17.4 Å². The minimum absolute atomic E-state index is 0.711. The zero-order valence-electron chi connectivity index (χ0n) is 10.0. The van der Waals surface area contributed by atoms with Gasteiger partial charge in [-0.3, -0.25) is 0 Å². The monoisotopic (exact) mass is 224 g/mol. The molecule has 1 aromatic heterocycles. The third kappa shape index (κ3) is 4.58. The third-order valence-corrected chi connectivity index (χ3v) is 2.99. The second-order valence-electron chi connectivity index (χ2n) is 4.32. The summed E-state index contributed by atoms with van der Waals surface area (Å²) in [5.74, 6) is 0.711. The maximum Gasteiger partial charge on any atom is 0.0801 e. The molecule has 0 saturated heterocycles. The van der Waals surface area contributed by atoms with Gasteiger partial charge in [-0.25, -0.2) is 4.98 Å². The number of thiazole rings is 1. The summed E-state index contributed by atoms with van der Waals surface area (Å²) in [7, 11) is 0. The highest BCUT2D eigenvalue weighted by molar-refractivity contribution is 7.10. The van der Waals surface area contributed by atoms with Crippen molar-refractivity contribution in [2.45, 2.75) is 27.7 Å². The van der Waals surface area contributed by atoms with Gasteiger partial charge >= 0.3 is 0 Å². The molecule has 0 spiro atoms. The summed E-state index contributed by atoms with van der Waals surface area (Å²) in [6.07, 6.45) is 2.22. The van der Waals surface area contributed by atoms with Gasteiger partial charge in [-0.2, -0.15) is 0 Å². The van der Waals surface area contributed by atoms with Crippen LogP contribution in [0.3, 0.4) is 0 Å². The van der Waals surface area contributed by atoms with Crippen molar-refractivity contribution in [1.82, 2.24) is 10.3 Å². The van der Waals surface area contributed by atoms with Crippen LogP contribution in [0.1, 0.15) is 31.3 Å². The van der Waals surface area contributed by atoms with Crippen molar-refractivity contribution < 1.29 is 0 Å². The van der Waals surface area contributed by atoms with E-state index < -0.39 is 0 Å². The van der Waals surface area contributed by atoms with Crippen molar-refractivity contribution in [2.75, 3.05) is 13.1 Å². The SMILES string of the molecule is CC(=Cc1scnc1C)CNCC(C)C. The highest BCUT2D eigenvalue weighted by Gasteiger charge is 1.99. The van der Waals surface area contributed by atoms with Crippen molar-refractivity contribution in [2.24, 2.45) is 5.92 Å². The second-order valence-corrected chi connectivity index (χ2v) is 5.20. The lowest BCUT2D eigenvalue weighted by Gasteiger charge is -2.07. The van der Waals surface area contributed by atoms with Crippen molar-refractivity contribution in [1.29, 1.82) is 0 Å². The maximum atomic E-state index is 4.23. The number of aromatic nitrogens is 1. The third-order valence-electron chi connectivity index (χ3n) is 2.12. The van der Waals surface area contributed by atoms with Gasteiger partial charge in [0.15, 0.2) is 0 Å². The Hall–Kier alpha value is -0.670. The van der Waals surface area contributed by atoms with E-state index in [0.717, 1.165) is 18.8 Å². The van der Waals surface area contributed by atoms with Crippen LogP contribution < -0.4 is 5.32 Å². The molecule has 1 rings (SSSR count). The summed E-state index contributed by atoms with van der Waals surface area (Å²) in [5, 5.41) is 3.43. The van der Waals surface area contributed by atoms with E-state index in [4.69, 9.17) is 0 Å². The number of hydrogen-bond acceptors (Lipinski definition) is 3. The van der Waals surface area contributed by atoms with E-state index in [2.05, 4.69) is 44.1 Å². The molecule has 0 atom stereocenters. The molecule has 0 aromatic carbocycles. The fraction of sp³-hybridized carbons (Fsp3) is 0.583. The highest BCUT2D eigenvalue weighted by atomic mass is 32.1. The molecule has 1 heterocycles. The van der Waals surface area contributed by atoms with Crippen LogP contribution in [0, 0.1) is 12.8 Å². The Bertz CT molecular complexity index is 326. The Morgan fingerprint density at radius 3 is 2.87 bits per heavy atom. The highest BCUT2D eigenvalue weighted by Crippen LogP contribution is 2.15. The Labute approximate surface area is 96.4 Å². The maximum absolute atomic E-state index is 4.23. The average Bonchev–Trinajstić information content (AvgIpc) is 2.51. The van der Waals surface area contributed by atoms with Crippen LogP contribution in [0.15, 0.2) is 11.1 Å². The quantitative estimate of drug-likeness (QED) is 0.831. The lowest BCUT2D eigenvalue weighted by atomic mass is 10.2. The predicted molar refractivity (Wildman–Crippen MR) is 68.2 cm³/mol. The molecule has 0 aliphatic rings. The molecule has 1 aromatic rings. The first-order valence-corrected chi connectivity index (χ1v) is 6.25. The fourth-order valence-electron chi connectivity index (χ4n) is 1.28. The Kier molecular flexibility index (Phi) is 4.99. The van der Waals surface area contributed by atoms with Gasteiger partial charge in [0.2, 0.25) is 0 Å². The van der Waals surface area contributed by atoms with Crippen LogP contribution in [0.2, 0.25) is 0 Å². The zero-order valence-corrected chi connectivity index (χ0v) is 10.8. The van der Waals surface area contributed by atoms with E-state index in [1.165, 1.54) is 10.5 Å². The van der Waals surface area contributed by atoms with Gasteiger partial charge in [-0.1, -0.05) is 19.4 Å². The second kappa shape index (κ2) is 6.03. The first-order valence-electron chi connectivity index (χ1n) is 5.37. The number of nitrogens with zero attached hydrogens (tertiary/aromatic N) is 1. The van der Waals surface area contributed by atoms with Crippen LogP contribution >= 0.6 is 11.3 Å². The molecule has 0 bridgehead atoms.